The Hall–Kier alpha value is -3.80. The number of nitrogens with zero attached hydrogens (tertiary/aromatic N) is 2. The molecule has 4 aromatic rings. The van der Waals surface area contributed by atoms with Gasteiger partial charge in [-0.25, -0.2) is 4.68 Å². The van der Waals surface area contributed by atoms with Crippen molar-refractivity contribution in [3.63, 3.8) is 0 Å². The zero-order chi connectivity index (χ0) is 19.7. The van der Waals surface area contributed by atoms with Crippen molar-refractivity contribution in [1.29, 1.82) is 0 Å². The van der Waals surface area contributed by atoms with Gasteiger partial charge < -0.3 is 14.9 Å². The predicted octanol–water partition coefficient (Wildman–Crippen LogP) is 3.53. The van der Waals surface area contributed by atoms with E-state index in [0.717, 1.165) is 5.56 Å². The first-order chi connectivity index (χ1) is 13.6. The standard InChI is InChI=1S/C22H18N2O4/c1-28-21-18(25)12-11-17(20(21)26)19-15-9-5-6-10-16(15)22(27)24(23-19)13-14-7-3-2-4-8-14/h2-12,25-26H,13H2,1H3. The van der Waals surface area contributed by atoms with Gasteiger partial charge >= 0.3 is 0 Å². The Kier molecular flexibility index (Phi) is 4.45. The number of phenols is 2. The average Bonchev–Trinajstić information content (AvgIpc) is 2.72. The van der Waals surface area contributed by atoms with Crippen LogP contribution in [0.3, 0.4) is 0 Å². The Morgan fingerprint density at radius 1 is 0.929 bits per heavy atom. The highest BCUT2D eigenvalue weighted by Crippen LogP contribution is 2.43. The summed E-state index contributed by atoms with van der Waals surface area (Å²) in [6.45, 7) is 0.299. The molecule has 6 nitrogen and oxygen atoms in total. The number of hydrogen-bond donors (Lipinski definition) is 2. The lowest BCUT2D eigenvalue weighted by atomic mass is 10.0. The molecule has 0 amide bonds. The van der Waals surface area contributed by atoms with Gasteiger partial charge in [-0.15, -0.1) is 0 Å². The fourth-order valence-electron chi connectivity index (χ4n) is 3.25. The van der Waals surface area contributed by atoms with Gasteiger partial charge in [0, 0.05) is 10.9 Å². The van der Waals surface area contributed by atoms with Crippen LogP contribution < -0.4 is 10.3 Å². The Bertz CT molecular complexity index is 1220. The van der Waals surface area contributed by atoms with Crippen LogP contribution in [0.15, 0.2) is 71.5 Å². The van der Waals surface area contributed by atoms with Crippen molar-refractivity contribution in [2.24, 2.45) is 0 Å². The number of fused-ring (bicyclic) bond motifs is 1. The molecule has 0 spiro atoms. The van der Waals surface area contributed by atoms with Crippen LogP contribution in [0.4, 0.5) is 0 Å². The summed E-state index contributed by atoms with van der Waals surface area (Å²) in [6.07, 6.45) is 0. The summed E-state index contributed by atoms with van der Waals surface area (Å²) in [4.78, 5) is 13.0. The summed E-state index contributed by atoms with van der Waals surface area (Å²) >= 11 is 0. The molecule has 2 N–H and O–H groups in total. The molecule has 0 fully saturated rings. The molecule has 0 radical (unpaired) electrons. The fourth-order valence-corrected chi connectivity index (χ4v) is 3.25. The van der Waals surface area contributed by atoms with Crippen LogP contribution in [0.5, 0.6) is 17.2 Å². The molecule has 0 aliphatic rings. The van der Waals surface area contributed by atoms with Gasteiger partial charge in [0.15, 0.2) is 11.5 Å². The van der Waals surface area contributed by atoms with E-state index in [1.807, 2.05) is 36.4 Å². The number of methoxy groups -OCH3 is 1. The van der Waals surface area contributed by atoms with E-state index in [2.05, 4.69) is 5.10 Å². The molecule has 0 aliphatic carbocycles. The van der Waals surface area contributed by atoms with E-state index in [4.69, 9.17) is 4.74 Å². The number of aromatic hydroxyl groups is 2. The van der Waals surface area contributed by atoms with Crippen molar-refractivity contribution in [2.45, 2.75) is 6.54 Å². The first-order valence-electron chi connectivity index (χ1n) is 8.73. The molecule has 0 saturated heterocycles. The van der Waals surface area contributed by atoms with Crippen molar-refractivity contribution >= 4 is 10.8 Å². The number of benzene rings is 3. The molecular weight excluding hydrogens is 356 g/mol. The van der Waals surface area contributed by atoms with Crippen LogP contribution in [0.25, 0.3) is 22.0 Å². The van der Waals surface area contributed by atoms with Crippen LogP contribution in [-0.4, -0.2) is 27.1 Å². The SMILES string of the molecule is COc1c(O)ccc(-c2nn(Cc3ccccc3)c(=O)c3ccccc23)c1O. The minimum Gasteiger partial charge on any atom is -0.504 e. The first-order valence-corrected chi connectivity index (χ1v) is 8.73. The van der Waals surface area contributed by atoms with E-state index < -0.39 is 0 Å². The van der Waals surface area contributed by atoms with E-state index in [1.54, 1.807) is 24.3 Å². The van der Waals surface area contributed by atoms with Gasteiger partial charge in [-0.1, -0.05) is 48.5 Å². The van der Waals surface area contributed by atoms with Crippen molar-refractivity contribution < 1.29 is 14.9 Å². The van der Waals surface area contributed by atoms with Gasteiger partial charge in [-0.05, 0) is 23.8 Å². The van der Waals surface area contributed by atoms with E-state index in [0.29, 0.717) is 28.6 Å². The summed E-state index contributed by atoms with van der Waals surface area (Å²) in [5.41, 5.74) is 1.52. The normalized spacial score (nSPS) is 10.9. The van der Waals surface area contributed by atoms with Crippen LogP contribution in [0.1, 0.15) is 5.56 Å². The summed E-state index contributed by atoms with van der Waals surface area (Å²) < 4.78 is 6.48. The quantitative estimate of drug-likeness (QED) is 0.571. The van der Waals surface area contributed by atoms with Gasteiger partial charge in [-0.2, -0.15) is 5.10 Å². The highest BCUT2D eigenvalue weighted by molar-refractivity contribution is 5.95. The maximum atomic E-state index is 13.0. The molecule has 140 valence electrons. The molecule has 0 saturated carbocycles. The highest BCUT2D eigenvalue weighted by Gasteiger charge is 2.19. The number of phenolic OH excluding ortho intramolecular Hbond substituents is 2. The van der Waals surface area contributed by atoms with Crippen LogP contribution in [0.2, 0.25) is 0 Å². The lowest BCUT2D eigenvalue weighted by Gasteiger charge is -2.14. The van der Waals surface area contributed by atoms with Gasteiger partial charge in [0.1, 0.15) is 5.69 Å². The van der Waals surface area contributed by atoms with Crippen molar-refractivity contribution in [3.8, 4) is 28.5 Å². The third kappa shape index (κ3) is 2.95. The highest BCUT2D eigenvalue weighted by atomic mass is 16.5. The molecule has 0 atom stereocenters. The number of rotatable bonds is 4. The molecule has 28 heavy (non-hydrogen) atoms. The molecule has 1 aromatic heterocycles. The molecular formula is C22H18N2O4. The third-order valence-corrected chi connectivity index (χ3v) is 4.61. The molecule has 6 heteroatoms. The summed E-state index contributed by atoms with van der Waals surface area (Å²) in [5.74, 6) is -0.445. The average molecular weight is 374 g/mol. The molecule has 4 rings (SSSR count). The van der Waals surface area contributed by atoms with Crippen LogP contribution >= 0.6 is 0 Å². The maximum absolute atomic E-state index is 13.0. The lowest BCUT2D eigenvalue weighted by Crippen LogP contribution is -2.24. The van der Waals surface area contributed by atoms with Crippen molar-refractivity contribution in [3.05, 3.63) is 82.6 Å². The summed E-state index contributed by atoms with van der Waals surface area (Å²) in [6, 6.07) is 19.7. The third-order valence-electron chi connectivity index (χ3n) is 4.61. The second-order valence-corrected chi connectivity index (χ2v) is 6.36. The number of hydrogen-bond acceptors (Lipinski definition) is 5. The number of ether oxygens (including phenoxy) is 1. The lowest BCUT2D eigenvalue weighted by molar-refractivity contribution is 0.345. The molecule has 1 heterocycles. The Balaban J connectivity index is 1.99. The van der Waals surface area contributed by atoms with E-state index >= 15 is 0 Å². The Labute approximate surface area is 160 Å². The van der Waals surface area contributed by atoms with E-state index in [1.165, 1.54) is 17.9 Å². The van der Waals surface area contributed by atoms with Gasteiger partial charge in [0.25, 0.3) is 5.56 Å². The second-order valence-electron chi connectivity index (χ2n) is 6.36. The minimum atomic E-state index is -0.231. The van der Waals surface area contributed by atoms with Gasteiger partial charge in [0.05, 0.1) is 19.0 Å². The van der Waals surface area contributed by atoms with Gasteiger partial charge in [-0.3, -0.25) is 4.79 Å². The fraction of sp³-hybridized carbons (Fsp3) is 0.0909. The number of aromatic nitrogens is 2. The molecule has 0 bridgehead atoms. The van der Waals surface area contributed by atoms with Crippen molar-refractivity contribution in [1.82, 2.24) is 9.78 Å². The predicted molar refractivity (Wildman–Crippen MR) is 107 cm³/mol. The zero-order valence-electron chi connectivity index (χ0n) is 15.2. The monoisotopic (exact) mass is 374 g/mol. The zero-order valence-corrected chi connectivity index (χ0v) is 15.2. The smallest absolute Gasteiger partial charge is 0.274 e. The largest absolute Gasteiger partial charge is 0.504 e. The van der Waals surface area contributed by atoms with E-state index in [-0.39, 0.29) is 22.8 Å². The van der Waals surface area contributed by atoms with E-state index in [9.17, 15) is 15.0 Å². The Morgan fingerprint density at radius 3 is 2.32 bits per heavy atom. The molecule has 0 unspecified atom stereocenters. The maximum Gasteiger partial charge on any atom is 0.274 e. The minimum absolute atomic E-state index is 0.0378. The summed E-state index contributed by atoms with van der Waals surface area (Å²) in [7, 11) is 1.36. The van der Waals surface area contributed by atoms with Crippen molar-refractivity contribution in [2.75, 3.05) is 7.11 Å². The Morgan fingerprint density at radius 2 is 1.61 bits per heavy atom. The molecule has 0 aliphatic heterocycles. The first kappa shape index (κ1) is 17.6. The van der Waals surface area contributed by atoms with Gasteiger partial charge in [0.2, 0.25) is 5.75 Å². The van der Waals surface area contributed by atoms with Crippen LogP contribution in [0, 0.1) is 0 Å². The van der Waals surface area contributed by atoms with Crippen LogP contribution in [-0.2, 0) is 6.54 Å². The summed E-state index contributed by atoms with van der Waals surface area (Å²) in [5, 5.41) is 26.2. The second kappa shape index (κ2) is 7.08. The topological polar surface area (TPSA) is 84.6 Å². The molecule has 3 aromatic carbocycles.